The van der Waals surface area contributed by atoms with Crippen molar-refractivity contribution in [2.45, 2.75) is 33.2 Å². The predicted molar refractivity (Wildman–Crippen MR) is 138 cm³/mol. The number of rotatable bonds is 9. The summed E-state index contributed by atoms with van der Waals surface area (Å²) in [7, 11) is 4.70. The zero-order valence-electron chi connectivity index (χ0n) is 21.1. The maximum absolute atomic E-state index is 13.4. The second-order valence-corrected chi connectivity index (χ2v) is 8.26. The van der Waals surface area contributed by atoms with Crippen LogP contribution in [0.15, 0.2) is 53.3 Å². The number of amides is 1. The normalized spacial score (nSPS) is 10.9. The molecule has 0 fully saturated rings. The Morgan fingerprint density at radius 3 is 2.33 bits per heavy atom. The minimum Gasteiger partial charge on any atom is -0.497 e. The number of aromatic nitrogens is 3. The van der Waals surface area contributed by atoms with Crippen LogP contribution in [0, 0.1) is 6.92 Å². The van der Waals surface area contributed by atoms with Crippen molar-refractivity contribution >= 4 is 17.2 Å². The van der Waals surface area contributed by atoms with Crippen molar-refractivity contribution in [2.24, 2.45) is 0 Å². The number of para-hydroxylation sites is 1. The number of hydrogen-bond donors (Lipinski definition) is 1. The lowest BCUT2D eigenvalue weighted by Gasteiger charge is -2.15. The summed E-state index contributed by atoms with van der Waals surface area (Å²) in [4.78, 5) is 26.2. The van der Waals surface area contributed by atoms with Gasteiger partial charge in [0.15, 0.2) is 0 Å². The van der Waals surface area contributed by atoms with Gasteiger partial charge in [-0.1, -0.05) is 12.1 Å². The van der Waals surface area contributed by atoms with Crippen LogP contribution < -0.4 is 25.1 Å². The fraction of sp³-hybridized carbons (Fsp3) is 0.296. The van der Waals surface area contributed by atoms with Crippen LogP contribution in [0.5, 0.6) is 17.2 Å². The van der Waals surface area contributed by atoms with Gasteiger partial charge in [-0.15, -0.1) is 0 Å². The van der Waals surface area contributed by atoms with Crippen molar-refractivity contribution in [3.8, 4) is 28.5 Å². The van der Waals surface area contributed by atoms with Gasteiger partial charge in [0.05, 0.1) is 27.0 Å². The van der Waals surface area contributed by atoms with Gasteiger partial charge in [-0.05, 0) is 32.4 Å². The summed E-state index contributed by atoms with van der Waals surface area (Å²) in [5, 5.41) is 7.47. The van der Waals surface area contributed by atoms with Crippen molar-refractivity contribution in [1.82, 2.24) is 14.2 Å². The molecule has 0 atom stereocenters. The monoisotopic (exact) mass is 490 g/mol. The molecule has 9 heteroatoms. The number of nitrogens with zero attached hydrogens (tertiary/aromatic N) is 3. The average molecular weight is 491 g/mol. The number of nitrogens with one attached hydrogen (secondary N) is 1. The summed E-state index contributed by atoms with van der Waals surface area (Å²) in [5.74, 6) is 1.60. The highest BCUT2D eigenvalue weighted by Crippen LogP contribution is 2.29. The van der Waals surface area contributed by atoms with E-state index in [4.69, 9.17) is 14.2 Å². The third-order valence-corrected chi connectivity index (χ3v) is 6.20. The average Bonchev–Trinajstić information content (AvgIpc) is 3.33. The minimum atomic E-state index is -0.232. The third-order valence-electron chi connectivity index (χ3n) is 6.20. The van der Waals surface area contributed by atoms with Gasteiger partial charge >= 0.3 is 0 Å². The Bertz CT molecular complexity index is 1450. The highest BCUT2D eigenvalue weighted by atomic mass is 16.5. The van der Waals surface area contributed by atoms with Crippen molar-refractivity contribution in [3.05, 3.63) is 70.1 Å². The van der Waals surface area contributed by atoms with Gasteiger partial charge in [0.2, 0.25) is 5.91 Å². The first-order chi connectivity index (χ1) is 17.4. The van der Waals surface area contributed by atoms with Crippen molar-refractivity contribution in [1.29, 1.82) is 0 Å². The van der Waals surface area contributed by atoms with Gasteiger partial charge in [-0.3, -0.25) is 9.59 Å². The highest BCUT2D eigenvalue weighted by Gasteiger charge is 2.19. The first-order valence-corrected chi connectivity index (χ1v) is 11.7. The Labute approximate surface area is 209 Å². The van der Waals surface area contributed by atoms with Crippen LogP contribution in [0.1, 0.15) is 24.6 Å². The summed E-state index contributed by atoms with van der Waals surface area (Å²) in [6, 6.07) is 14.6. The lowest BCUT2D eigenvalue weighted by Crippen LogP contribution is -2.26. The topological polar surface area (TPSA) is 96.1 Å². The van der Waals surface area contributed by atoms with E-state index in [-0.39, 0.29) is 24.3 Å². The molecule has 2 heterocycles. The number of fused-ring (bicyclic) bond motifs is 1. The molecule has 0 saturated heterocycles. The quantitative estimate of drug-likeness (QED) is 0.380. The van der Waals surface area contributed by atoms with Crippen LogP contribution in [0.2, 0.25) is 0 Å². The SMILES string of the molecule is CCn1c(C)c(CCC(=O)Nc2cc(OC)cc(OC)c2)c(=O)n2nc(-c3ccccc3OC)cc12. The molecule has 4 aromatic rings. The Morgan fingerprint density at radius 1 is 1.00 bits per heavy atom. The molecule has 1 N–H and O–H groups in total. The van der Waals surface area contributed by atoms with Gasteiger partial charge < -0.3 is 24.1 Å². The summed E-state index contributed by atoms with van der Waals surface area (Å²) < 4.78 is 19.5. The number of carbonyl (C=O) groups is 1. The summed E-state index contributed by atoms with van der Waals surface area (Å²) in [5.41, 5.74) is 3.84. The highest BCUT2D eigenvalue weighted by molar-refractivity contribution is 5.91. The number of anilines is 1. The maximum atomic E-state index is 13.4. The molecular formula is C27H30N4O5. The lowest BCUT2D eigenvalue weighted by atomic mass is 10.1. The first-order valence-electron chi connectivity index (χ1n) is 11.7. The number of hydrogen-bond acceptors (Lipinski definition) is 6. The standard InChI is InChI=1S/C27H30N4O5/c1-6-30-17(2)21(11-12-25(32)28-18-13-19(34-3)15-20(14-18)35-4)27(33)31-26(30)16-23(29-31)22-9-7-8-10-24(22)36-5/h7-10,13-16H,6,11-12H2,1-5H3,(H,28,32). The molecule has 0 unspecified atom stereocenters. The van der Waals surface area contributed by atoms with Crippen LogP contribution in [0.4, 0.5) is 5.69 Å². The van der Waals surface area contributed by atoms with E-state index in [9.17, 15) is 9.59 Å². The summed E-state index contributed by atoms with van der Waals surface area (Å²) in [6.07, 6.45) is 0.406. The molecule has 0 spiro atoms. The Morgan fingerprint density at radius 2 is 1.69 bits per heavy atom. The molecule has 0 bridgehead atoms. The van der Waals surface area contributed by atoms with Crippen LogP contribution in [-0.2, 0) is 17.8 Å². The molecular weight excluding hydrogens is 460 g/mol. The van der Waals surface area contributed by atoms with E-state index in [2.05, 4.69) is 10.4 Å². The number of carbonyl (C=O) groups excluding carboxylic acids is 1. The second kappa shape index (κ2) is 10.6. The molecule has 0 aliphatic heterocycles. The third kappa shape index (κ3) is 4.77. The summed E-state index contributed by atoms with van der Waals surface area (Å²) in [6.45, 7) is 4.57. The molecule has 0 aliphatic rings. The molecule has 2 aromatic heterocycles. The lowest BCUT2D eigenvalue weighted by molar-refractivity contribution is -0.116. The van der Waals surface area contributed by atoms with Crippen molar-refractivity contribution < 1.29 is 19.0 Å². The maximum Gasteiger partial charge on any atom is 0.277 e. The number of ether oxygens (including phenoxy) is 3. The Balaban J connectivity index is 1.64. The second-order valence-electron chi connectivity index (χ2n) is 8.26. The smallest absolute Gasteiger partial charge is 0.277 e. The zero-order valence-corrected chi connectivity index (χ0v) is 21.1. The van der Waals surface area contributed by atoms with Crippen molar-refractivity contribution in [3.63, 3.8) is 0 Å². The van der Waals surface area contributed by atoms with Gasteiger partial charge in [0.25, 0.3) is 5.56 Å². The van der Waals surface area contributed by atoms with Gasteiger partial charge in [-0.2, -0.15) is 9.61 Å². The Hall–Kier alpha value is -4.27. The molecule has 188 valence electrons. The van der Waals surface area contributed by atoms with E-state index in [1.807, 2.05) is 48.7 Å². The molecule has 1 amide bonds. The molecule has 0 saturated carbocycles. The largest absolute Gasteiger partial charge is 0.497 e. The van der Waals surface area contributed by atoms with E-state index in [0.717, 1.165) is 11.3 Å². The van der Waals surface area contributed by atoms with Crippen molar-refractivity contribution in [2.75, 3.05) is 26.6 Å². The van der Waals surface area contributed by atoms with E-state index in [1.165, 1.54) is 4.52 Å². The first kappa shape index (κ1) is 24.8. The van der Waals surface area contributed by atoms with E-state index < -0.39 is 0 Å². The molecule has 4 rings (SSSR count). The van der Waals surface area contributed by atoms with Gasteiger partial charge in [-0.25, -0.2) is 0 Å². The van der Waals surface area contributed by atoms with E-state index in [0.29, 0.717) is 46.4 Å². The van der Waals surface area contributed by atoms with Crippen LogP contribution >= 0.6 is 0 Å². The fourth-order valence-electron chi connectivity index (χ4n) is 4.35. The minimum absolute atomic E-state index is 0.130. The number of methoxy groups -OCH3 is 3. The summed E-state index contributed by atoms with van der Waals surface area (Å²) >= 11 is 0. The number of aryl methyl sites for hydroxylation is 1. The molecule has 0 aliphatic carbocycles. The van der Waals surface area contributed by atoms with Crippen LogP contribution in [-0.4, -0.2) is 41.4 Å². The van der Waals surface area contributed by atoms with Crippen LogP contribution in [0.25, 0.3) is 16.9 Å². The molecule has 0 radical (unpaired) electrons. The van der Waals surface area contributed by atoms with E-state index in [1.54, 1.807) is 39.5 Å². The molecule has 36 heavy (non-hydrogen) atoms. The fourth-order valence-corrected chi connectivity index (χ4v) is 4.35. The molecule has 9 nitrogen and oxygen atoms in total. The van der Waals surface area contributed by atoms with E-state index >= 15 is 0 Å². The van der Waals surface area contributed by atoms with Gasteiger partial charge in [0.1, 0.15) is 22.9 Å². The zero-order chi connectivity index (χ0) is 25.8. The predicted octanol–water partition coefficient (Wildman–Crippen LogP) is 4.09. The van der Waals surface area contributed by atoms with Crippen LogP contribution in [0.3, 0.4) is 0 Å². The number of benzene rings is 2. The van der Waals surface area contributed by atoms with Gasteiger partial charge in [0, 0.05) is 59.7 Å². The molecule has 2 aromatic carbocycles. The Kier molecular flexibility index (Phi) is 7.28.